The van der Waals surface area contributed by atoms with Crippen molar-refractivity contribution in [1.29, 1.82) is 0 Å². The van der Waals surface area contributed by atoms with Crippen LogP contribution in [0.3, 0.4) is 0 Å². The van der Waals surface area contributed by atoms with Gasteiger partial charge in [0.2, 0.25) is 10.0 Å². The Bertz CT molecular complexity index is 1170. The highest BCUT2D eigenvalue weighted by Crippen LogP contribution is 2.31. The Morgan fingerprint density at radius 2 is 1.90 bits per heavy atom. The first kappa shape index (κ1) is 20.9. The Labute approximate surface area is 174 Å². The molecule has 0 atom stereocenters. The minimum atomic E-state index is -4.10. The fraction of sp³-hybridized carbons (Fsp3) is 0.429. The maximum atomic E-state index is 14.1. The van der Waals surface area contributed by atoms with Gasteiger partial charge >= 0.3 is 0 Å². The number of benzene rings is 1. The van der Waals surface area contributed by atoms with Crippen LogP contribution in [0.2, 0.25) is 0 Å². The number of piperidine rings is 1. The molecule has 9 heteroatoms. The zero-order valence-electron chi connectivity index (χ0n) is 16.9. The lowest BCUT2D eigenvalue weighted by Crippen LogP contribution is -2.39. The average Bonchev–Trinajstić information content (AvgIpc) is 3.07. The van der Waals surface area contributed by atoms with Crippen molar-refractivity contribution in [2.24, 2.45) is 5.92 Å². The summed E-state index contributed by atoms with van der Waals surface area (Å²) >= 11 is 0. The van der Waals surface area contributed by atoms with E-state index >= 15 is 0 Å². The van der Waals surface area contributed by atoms with E-state index in [9.17, 15) is 17.2 Å². The van der Waals surface area contributed by atoms with E-state index in [1.807, 2.05) is 12.1 Å². The largest absolute Gasteiger partial charge is 0.309 e. The molecule has 0 amide bonds. The standard InChI is InChI=1S/C21H24F2N4O2S/c1-14(2)12-20-25-18-4-3-9-24-21(18)27(20)16-7-10-26(11-8-16)30(28,29)19-13-15(22)5-6-17(19)23/h3-6,9,13-14,16H,7-8,10-12H2,1-2H3. The van der Waals surface area contributed by atoms with Crippen LogP contribution >= 0.6 is 0 Å². The minimum Gasteiger partial charge on any atom is -0.309 e. The fourth-order valence-corrected chi connectivity index (χ4v) is 5.57. The lowest BCUT2D eigenvalue weighted by atomic mass is 10.1. The molecule has 3 aromatic rings. The molecule has 0 aliphatic carbocycles. The van der Waals surface area contributed by atoms with Crippen molar-refractivity contribution in [2.45, 2.75) is 44.0 Å². The smallest absolute Gasteiger partial charge is 0.246 e. The van der Waals surface area contributed by atoms with Gasteiger partial charge in [-0.2, -0.15) is 4.31 Å². The van der Waals surface area contributed by atoms with E-state index < -0.39 is 26.6 Å². The summed E-state index contributed by atoms with van der Waals surface area (Å²) in [6.45, 7) is 4.69. The summed E-state index contributed by atoms with van der Waals surface area (Å²) in [6.07, 6.45) is 3.61. The van der Waals surface area contributed by atoms with Crippen LogP contribution in [0.4, 0.5) is 8.78 Å². The Kier molecular flexibility index (Phi) is 5.59. The predicted octanol–water partition coefficient (Wildman–Crippen LogP) is 3.93. The highest BCUT2D eigenvalue weighted by Gasteiger charge is 2.33. The maximum absolute atomic E-state index is 14.1. The monoisotopic (exact) mass is 434 g/mol. The highest BCUT2D eigenvalue weighted by molar-refractivity contribution is 7.89. The normalized spacial score (nSPS) is 16.6. The van der Waals surface area contributed by atoms with Crippen molar-refractivity contribution in [3.63, 3.8) is 0 Å². The Hall–Kier alpha value is -2.39. The molecule has 0 unspecified atom stereocenters. The van der Waals surface area contributed by atoms with Crippen molar-refractivity contribution in [1.82, 2.24) is 18.8 Å². The van der Waals surface area contributed by atoms with Gasteiger partial charge in [0.25, 0.3) is 0 Å². The number of pyridine rings is 1. The molecule has 30 heavy (non-hydrogen) atoms. The van der Waals surface area contributed by atoms with Crippen LogP contribution in [0.1, 0.15) is 38.6 Å². The van der Waals surface area contributed by atoms with E-state index in [2.05, 4.69) is 23.4 Å². The van der Waals surface area contributed by atoms with Crippen molar-refractivity contribution in [3.05, 3.63) is 54.0 Å². The molecule has 6 nitrogen and oxygen atoms in total. The minimum absolute atomic E-state index is 0.0439. The third-order valence-corrected chi connectivity index (χ3v) is 7.33. The quantitative estimate of drug-likeness (QED) is 0.610. The number of nitrogens with zero attached hydrogens (tertiary/aromatic N) is 4. The molecule has 0 bridgehead atoms. The summed E-state index contributed by atoms with van der Waals surface area (Å²) in [4.78, 5) is 8.63. The lowest BCUT2D eigenvalue weighted by molar-refractivity contribution is 0.271. The molecule has 0 saturated carbocycles. The van der Waals surface area contributed by atoms with Gasteiger partial charge in [0.15, 0.2) is 5.65 Å². The molecule has 0 radical (unpaired) electrons. The average molecular weight is 435 g/mol. The first-order chi connectivity index (χ1) is 14.3. The number of aromatic nitrogens is 3. The van der Waals surface area contributed by atoms with Crippen LogP contribution < -0.4 is 0 Å². The first-order valence-corrected chi connectivity index (χ1v) is 11.5. The molecule has 1 aliphatic heterocycles. The molecule has 2 aromatic heterocycles. The first-order valence-electron chi connectivity index (χ1n) is 10.0. The van der Waals surface area contributed by atoms with Crippen LogP contribution in [0.5, 0.6) is 0 Å². The SMILES string of the molecule is CC(C)Cc1nc2cccnc2n1C1CCN(S(=O)(=O)c2cc(F)ccc2F)CC1. The molecule has 3 heterocycles. The third-order valence-electron chi connectivity index (χ3n) is 5.41. The van der Waals surface area contributed by atoms with Crippen LogP contribution in [0.25, 0.3) is 11.2 Å². The van der Waals surface area contributed by atoms with Crippen LogP contribution in [0, 0.1) is 17.6 Å². The number of rotatable bonds is 5. The van der Waals surface area contributed by atoms with Gasteiger partial charge in [-0.15, -0.1) is 0 Å². The Morgan fingerprint density at radius 3 is 2.60 bits per heavy atom. The van der Waals surface area contributed by atoms with E-state index in [1.54, 1.807) is 6.20 Å². The molecule has 4 rings (SSSR count). The van der Waals surface area contributed by atoms with E-state index in [-0.39, 0.29) is 19.1 Å². The fourth-order valence-electron chi connectivity index (χ4n) is 4.02. The van der Waals surface area contributed by atoms with E-state index in [1.165, 1.54) is 4.31 Å². The molecule has 160 valence electrons. The van der Waals surface area contributed by atoms with E-state index in [4.69, 9.17) is 4.98 Å². The zero-order chi connectivity index (χ0) is 21.5. The van der Waals surface area contributed by atoms with Crippen LogP contribution in [0.15, 0.2) is 41.4 Å². The van der Waals surface area contributed by atoms with Gasteiger partial charge in [0.1, 0.15) is 27.9 Å². The summed E-state index contributed by atoms with van der Waals surface area (Å²) in [5.41, 5.74) is 1.62. The van der Waals surface area contributed by atoms with Gasteiger partial charge in [0, 0.05) is 31.7 Å². The summed E-state index contributed by atoms with van der Waals surface area (Å²) in [5, 5.41) is 0. The molecule has 0 spiro atoms. The van der Waals surface area contributed by atoms with Gasteiger partial charge in [-0.25, -0.2) is 27.2 Å². The van der Waals surface area contributed by atoms with E-state index in [0.717, 1.165) is 41.6 Å². The van der Waals surface area contributed by atoms with E-state index in [0.29, 0.717) is 18.8 Å². The van der Waals surface area contributed by atoms with Gasteiger partial charge in [0.05, 0.1) is 0 Å². The maximum Gasteiger partial charge on any atom is 0.246 e. The molecule has 0 N–H and O–H groups in total. The van der Waals surface area contributed by atoms with Crippen molar-refractivity contribution in [3.8, 4) is 0 Å². The third kappa shape index (κ3) is 3.83. The van der Waals surface area contributed by atoms with Gasteiger partial charge in [-0.1, -0.05) is 13.8 Å². The summed E-state index contributed by atoms with van der Waals surface area (Å²) < 4.78 is 56.7. The summed E-state index contributed by atoms with van der Waals surface area (Å²) in [6, 6.07) is 6.31. The van der Waals surface area contributed by atoms with Gasteiger partial charge in [-0.3, -0.25) is 0 Å². The Morgan fingerprint density at radius 1 is 1.17 bits per heavy atom. The van der Waals surface area contributed by atoms with Crippen LogP contribution in [-0.4, -0.2) is 40.3 Å². The number of halogens is 2. The number of imidazole rings is 1. The van der Waals surface area contributed by atoms with Crippen molar-refractivity contribution >= 4 is 21.2 Å². The molecular weight excluding hydrogens is 410 g/mol. The second-order valence-electron chi connectivity index (χ2n) is 8.05. The van der Waals surface area contributed by atoms with Gasteiger partial charge < -0.3 is 4.57 Å². The molecule has 1 aliphatic rings. The summed E-state index contributed by atoms with van der Waals surface area (Å²) in [7, 11) is -4.10. The topological polar surface area (TPSA) is 68.1 Å². The number of sulfonamides is 1. The molecular formula is C21H24F2N4O2S. The summed E-state index contributed by atoms with van der Waals surface area (Å²) in [5.74, 6) is -0.366. The Balaban J connectivity index is 1.60. The second kappa shape index (κ2) is 8.03. The highest BCUT2D eigenvalue weighted by atomic mass is 32.2. The number of hydrogen-bond acceptors (Lipinski definition) is 4. The molecule has 1 aromatic carbocycles. The number of hydrogen-bond donors (Lipinski definition) is 0. The lowest BCUT2D eigenvalue weighted by Gasteiger charge is -2.32. The molecule has 1 fully saturated rings. The predicted molar refractivity (Wildman–Crippen MR) is 109 cm³/mol. The molecule has 1 saturated heterocycles. The van der Waals surface area contributed by atoms with Crippen LogP contribution in [-0.2, 0) is 16.4 Å². The zero-order valence-corrected chi connectivity index (χ0v) is 17.7. The van der Waals surface area contributed by atoms with Gasteiger partial charge in [-0.05, 0) is 49.1 Å². The van der Waals surface area contributed by atoms with Crippen molar-refractivity contribution < 1.29 is 17.2 Å². The number of fused-ring (bicyclic) bond motifs is 1. The van der Waals surface area contributed by atoms with Crippen molar-refractivity contribution in [2.75, 3.05) is 13.1 Å². The second-order valence-corrected chi connectivity index (χ2v) is 9.96.